The first kappa shape index (κ1) is 24.0. The van der Waals surface area contributed by atoms with Crippen LogP contribution in [-0.2, 0) is 0 Å². The summed E-state index contributed by atoms with van der Waals surface area (Å²) in [6, 6.07) is 2.27. The fourth-order valence-electron chi connectivity index (χ4n) is 7.55. The van der Waals surface area contributed by atoms with E-state index in [0.29, 0.717) is 5.41 Å². The molecule has 0 aromatic rings. The van der Waals surface area contributed by atoms with E-state index in [0.717, 1.165) is 35.4 Å². The molecule has 0 N–H and O–H groups in total. The molecule has 3 saturated heterocycles. The maximum absolute atomic E-state index is 2.84. The van der Waals surface area contributed by atoms with Crippen LogP contribution in [0.3, 0.4) is 0 Å². The standard InChI is InChI=1S/C28H53N3/c1-22(2)19-26-9-10-28(26)13-17-30(18-14-28)25(6)8-7-24(5)29-15-11-27(12-16-29)20-31(21-27)23(3)4/h22-26H,7-21H2,1-6H3. The van der Waals surface area contributed by atoms with E-state index in [2.05, 4.69) is 56.2 Å². The van der Waals surface area contributed by atoms with Crippen LogP contribution in [0.15, 0.2) is 0 Å². The lowest BCUT2D eigenvalue weighted by molar-refractivity contribution is -0.0686. The third kappa shape index (κ3) is 5.19. The highest BCUT2D eigenvalue weighted by Crippen LogP contribution is 2.56. The van der Waals surface area contributed by atoms with Gasteiger partial charge in [0.05, 0.1) is 0 Å². The highest BCUT2D eigenvalue weighted by molar-refractivity contribution is 5.01. The van der Waals surface area contributed by atoms with Crippen LogP contribution in [0.2, 0.25) is 0 Å². The van der Waals surface area contributed by atoms with E-state index < -0.39 is 0 Å². The van der Waals surface area contributed by atoms with E-state index in [9.17, 15) is 0 Å². The molecule has 3 aliphatic heterocycles. The molecule has 0 radical (unpaired) electrons. The summed E-state index contributed by atoms with van der Waals surface area (Å²) in [5.41, 5.74) is 1.41. The number of nitrogens with zero attached hydrogens (tertiary/aromatic N) is 3. The predicted molar refractivity (Wildman–Crippen MR) is 134 cm³/mol. The number of hydrogen-bond acceptors (Lipinski definition) is 3. The van der Waals surface area contributed by atoms with Gasteiger partial charge in [0, 0.05) is 31.2 Å². The van der Waals surface area contributed by atoms with E-state index >= 15 is 0 Å². The molecule has 31 heavy (non-hydrogen) atoms. The van der Waals surface area contributed by atoms with E-state index in [-0.39, 0.29) is 0 Å². The maximum atomic E-state index is 2.84. The minimum atomic E-state index is 0.673. The van der Waals surface area contributed by atoms with Crippen LogP contribution in [-0.4, -0.2) is 72.1 Å². The van der Waals surface area contributed by atoms with Crippen molar-refractivity contribution in [3.05, 3.63) is 0 Å². The zero-order valence-corrected chi connectivity index (χ0v) is 21.8. The van der Waals surface area contributed by atoms with Gasteiger partial charge >= 0.3 is 0 Å². The Morgan fingerprint density at radius 2 is 1.19 bits per heavy atom. The molecule has 4 fully saturated rings. The van der Waals surface area contributed by atoms with Gasteiger partial charge < -0.3 is 9.80 Å². The maximum Gasteiger partial charge on any atom is 0.00675 e. The highest BCUT2D eigenvalue weighted by atomic mass is 15.2. The first-order chi connectivity index (χ1) is 14.7. The van der Waals surface area contributed by atoms with Crippen molar-refractivity contribution in [2.75, 3.05) is 39.3 Å². The van der Waals surface area contributed by atoms with Gasteiger partial charge in [-0.3, -0.25) is 4.90 Å². The van der Waals surface area contributed by atoms with Gasteiger partial charge in [-0.05, 0) is 134 Å². The summed E-state index contributed by atoms with van der Waals surface area (Å²) in [6.07, 6.45) is 13.1. The molecule has 4 rings (SSSR count). The number of rotatable bonds is 8. The zero-order chi connectivity index (χ0) is 22.2. The molecule has 3 atom stereocenters. The van der Waals surface area contributed by atoms with Crippen LogP contribution in [0.1, 0.15) is 99.3 Å². The summed E-state index contributed by atoms with van der Waals surface area (Å²) in [4.78, 5) is 8.31. The number of likely N-dealkylation sites (tertiary alicyclic amines) is 3. The fraction of sp³-hybridized carbons (Fsp3) is 1.00. The Labute approximate surface area is 194 Å². The Hall–Kier alpha value is -0.120. The van der Waals surface area contributed by atoms with Crippen molar-refractivity contribution in [1.29, 1.82) is 0 Å². The molecule has 0 amide bonds. The van der Waals surface area contributed by atoms with Crippen LogP contribution in [0, 0.1) is 22.7 Å². The third-order valence-electron chi connectivity index (χ3n) is 10.3. The zero-order valence-electron chi connectivity index (χ0n) is 21.8. The van der Waals surface area contributed by atoms with Crippen LogP contribution >= 0.6 is 0 Å². The molecular formula is C28H53N3. The normalized spacial score (nSPS) is 31.2. The van der Waals surface area contributed by atoms with E-state index in [1.165, 1.54) is 97.1 Å². The largest absolute Gasteiger partial charge is 0.301 e. The lowest BCUT2D eigenvalue weighted by atomic mass is 9.54. The van der Waals surface area contributed by atoms with Gasteiger partial charge in [0.2, 0.25) is 0 Å². The lowest BCUT2D eigenvalue weighted by Crippen LogP contribution is -2.62. The van der Waals surface area contributed by atoms with Gasteiger partial charge in [0.25, 0.3) is 0 Å². The van der Waals surface area contributed by atoms with Gasteiger partial charge in [-0.1, -0.05) is 13.8 Å². The smallest absolute Gasteiger partial charge is 0.00675 e. The molecule has 4 aliphatic rings. The summed E-state index contributed by atoms with van der Waals surface area (Å²) < 4.78 is 0. The quantitative estimate of drug-likeness (QED) is 0.474. The third-order valence-corrected chi connectivity index (χ3v) is 10.3. The van der Waals surface area contributed by atoms with Crippen molar-refractivity contribution in [2.45, 2.75) is 117 Å². The Morgan fingerprint density at radius 3 is 1.61 bits per heavy atom. The average molecular weight is 432 g/mol. The first-order valence-electron chi connectivity index (χ1n) is 13.9. The molecule has 0 bridgehead atoms. The summed E-state index contributed by atoms with van der Waals surface area (Å²) in [6.45, 7) is 22.7. The van der Waals surface area contributed by atoms with Crippen molar-refractivity contribution in [3.63, 3.8) is 0 Å². The molecule has 1 saturated carbocycles. The number of piperidine rings is 2. The first-order valence-corrected chi connectivity index (χ1v) is 13.9. The van der Waals surface area contributed by atoms with E-state index in [4.69, 9.17) is 0 Å². The molecule has 3 heteroatoms. The molecule has 3 nitrogen and oxygen atoms in total. The lowest BCUT2D eigenvalue weighted by Gasteiger charge is -2.56. The van der Waals surface area contributed by atoms with Gasteiger partial charge in [-0.2, -0.15) is 0 Å². The van der Waals surface area contributed by atoms with Gasteiger partial charge in [0.15, 0.2) is 0 Å². The minimum Gasteiger partial charge on any atom is -0.301 e. The van der Waals surface area contributed by atoms with Crippen molar-refractivity contribution in [3.8, 4) is 0 Å². The summed E-state index contributed by atoms with van der Waals surface area (Å²) in [5, 5.41) is 0. The van der Waals surface area contributed by atoms with Crippen LogP contribution < -0.4 is 0 Å². The summed E-state index contributed by atoms with van der Waals surface area (Å²) in [5.74, 6) is 1.92. The Bertz CT molecular complexity index is 561. The minimum absolute atomic E-state index is 0.673. The van der Waals surface area contributed by atoms with Crippen molar-refractivity contribution < 1.29 is 0 Å². The molecule has 1 aliphatic carbocycles. The van der Waals surface area contributed by atoms with Gasteiger partial charge in [0.1, 0.15) is 0 Å². The summed E-state index contributed by atoms with van der Waals surface area (Å²) >= 11 is 0. The monoisotopic (exact) mass is 431 g/mol. The SMILES string of the molecule is CC(C)CC1CCC12CCN(C(C)CCC(C)N1CCC3(CC1)CN(C(C)C)C3)CC2. The molecule has 3 unspecified atom stereocenters. The second-order valence-electron chi connectivity index (χ2n) is 13.1. The molecule has 180 valence electrons. The molecular weight excluding hydrogens is 378 g/mol. The Morgan fingerprint density at radius 1 is 0.677 bits per heavy atom. The molecule has 2 spiro atoms. The van der Waals surface area contributed by atoms with Crippen molar-refractivity contribution >= 4 is 0 Å². The Balaban J connectivity index is 1.14. The highest BCUT2D eigenvalue weighted by Gasteiger charge is 2.48. The topological polar surface area (TPSA) is 9.72 Å². The predicted octanol–water partition coefficient (Wildman–Crippen LogP) is 5.89. The van der Waals surface area contributed by atoms with Crippen molar-refractivity contribution in [2.24, 2.45) is 22.7 Å². The van der Waals surface area contributed by atoms with Gasteiger partial charge in [-0.25, -0.2) is 0 Å². The number of hydrogen-bond donors (Lipinski definition) is 0. The van der Waals surface area contributed by atoms with Crippen LogP contribution in [0.5, 0.6) is 0 Å². The van der Waals surface area contributed by atoms with Crippen LogP contribution in [0.25, 0.3) is 0 Å². The van der Waals surface area contributed by atoms with E-state index in [1.807, 2.05) is 0 Å². The van der Waals surface area contributed by atoms with E-state index in [1.54, 1.807) is 0 Å². The molecule has 3 heterocycles. The molecule has 0 aromatic carbocycles. The fourth-order valence-corrected chi connectivity index (χ4v) is 7.55. The van der Waals surface area contributed by atoms with Crippen molar-refractivity contribution in [1.82, 2.24) is 14.7 Å². The summed E-state index contributed by atoms with van der Waals surface area (Å²) in [7, 11) is 0. The molecule has 0 aromatic heterocycles. The average Bonchev–Trinajstić information content (AvgIpc) is 2.73. The second-order valence-corrected chi connectivity index (χ2v) is 13.1. The Kier molecular flexibility index (Phi) is 7.46. The van der Waals surface area contributed by atoms with Crippen LogP contribution in [0.4, 0.5) is 0 Å². The second kappa shape index (κ2) is 9.63. The van der Waals surface area contributed by atoms with Gasteiger partial charge in [-0.15, -0.1) is 0 Å².